The number of halogens is 1. The van der Waals surface area contributed by atoms with E-state index >= 15 is 0 Å². The van der Waals surface area contributed by atoms with Gasteiger partial charge in [-0.05, 0) is 49.7 Å². The van der Waals surface area contributed by atoms with Gasteiger partial charge in [0.05, 0.1) is 6.61 Å². The van der Waals surface area contributed by atoms with Crippen molar-refractivity contribution >= 4 is 29.2 Å². The summed E-state index contributed by atoms with van der Waals surface area (Å²) < 4.78 is 5.77. The Labute approximate surface area is 166 Å². The van der Waals surface area contributed by atoms with Gasteiger partial charge in [0.25, 0.3) is 0 Å². The maximum Gasteiger partial charge on any atom is 0.121 e. The quantitative estimate of drug-likeness (QED) is 0.410. The van der Waals surface area contributed by atoms with Crippen molar-refractivity contribution in [3.05, 3.63) is 53.1 Å². The van der Waals surface area contributed by atoms with Gasteiger partial charge in [0.15, 0.2) is 0 Å². The van der Waals surface area contributed by atoms with Crippen LogP contribution in [-0.2, 0) is 0 Å². The molecule has 0 aromatic heterocycles. The number of nitrogens with zero attached hydrogens (tertiary/aromatic N) is 2. The number of unbranched alkanes of at least 4 members (excludes halogenated alkanes) is 1. The third-order valence-electron chi connectivity index (χ3n) is 4.90. The first-order valence-electron chi connectivity index (χ1n) is 9.41. The summed E-state index contributed by atoms with van der Waals surface area (Å²) in [6.45, 7) is 6.02. The highest BCUT2D eigenvalue weighted by molar-refractivity contribution is 6.30. The molecule has 6 heteroatoms. The molecule has 0 unspecified atom stereocenters. The molecule has 0 radical (unpaired) electrons. The average molecular weight is 387 g/mol. The molecule has 3 N–H and O–H groups in total. The standard InChI is InChI=1S/C21H27ClN4O/c22-18-4-3-5-19(14-18)26-11-9-25(10-12-26)8-1-2-13-27-20-7-6-17(16-23)21(24)15-20/h3-7,14-16,23H,1-2,8-13,24H2. The summed E-state index contributed by atoms with van der Waals surface area (Å²) in [4.78, 5) is 4.91. The third-order valence-corrected chi connectivity index (χ3v) is 5.13. The maximum atomic E-state index is 7.26. The molecule has 2 aromatic carbocycles. The minimum Gasteiger partial charge on any atom is -0.494 e. The van der Waals surface area contributed by atoms with Gasteiger partial charge in [0.2, 0.25) is 0 Å². The number of nitrogens with one attached hydrogen (secondary N) is 1. The Bertz CT molecular complexity index is 760. The second-order valence-corrected chi connectivity index (χ2v) is 7.24. The Balaban J connectivity index is 1.32. The lowest BCUT2D eigenvalue weighted by Gasteiger charge is -2.36. The number of nitrogens with two attached hydrogens (primary N) is 1. The summed E-state index contributed by atoms with van der Waals surface area (Å²) in [6.07, 6.45) is 3.39. The lowest BCUT2D eigenvalue weighted by Crippen LogP contribution is -2.46. The maximum absolute atomic E-state index is 7.26. The second-order valence-electron chi connectivity index (χ2n) is 6.80. The monoisotopic (exact) mass is 386 g/mol. The fourth-order valence-electron chi connectivity index (χ4n) is 3.30. The Morgan fingerprint density at radius 1 is 1.07 bits per heavy atom. The van der Waals surface area contributed by atoms with Gasteiger partial charge >= 0.3 is 0 Å². The van der Waals surface area contributed by atoms with Gasteiger partial charge in [-0.25, -0.2) is 0 Å². The zero-order valence-electron chi connectivity index (χ0n) is 15.5. The van der Waals surface area contributed by atoms with E-state index in [4.69, 9.17) is 27.5 Å². The molecule has 5 nitrogen and oxygen atoms in total. The van der Waals surface area contributed by atoms with Crippen molar-refractivity contribution < 1.29 is 4.74 Å². The molecule has 0 saturated carbocycles. The van der Waals surface area contributed by atoms with Gasteiger partial charge in [0, 0.05) is 60.4 Å². The molecule has 144 valence electrons. The molecular formula is C21H27ClN4O. The number of benzene rings is 2. The number of hydrogen-bond donors (Lipinski definition) is 2. The molecule has 27 heavy (non-hydrogen) atoms. The molecule has 0 amide bonds. The summed E-state index contributed by atoms with van der Waals surface area (Å²) >= 11 is 6.09. The van der Waals surface area contributed by atoms with Crippen LogP contribution in [0.5, 0.6) is 5.75 Å². The van der Waals surface area contributed by atoms with Crippen LogP contribution in [0.15, 0.2) is 42.5 Å². The summed E-state index contributed by atoms with van der Waals surface area (Å²) in [5.74, 6) is 0.772. The van der Waals surface area contributed by atoms with Crippen molar-refractivity contribution in [2.75, 3.05) is 50.0 Å². The Hall–Kier alpha value is -2.24. The molecule has 2 aromatic rings. The lowest BCUT2D eigenvalue weighted by atomic mass is 10.2. The molecule has 1 fully saturated rings. The Morgan fingerprint density at radius 2 is 1.89 bits per heavy atom. The van der Waals surface area contributed by atoms with Gasteiger partial charge in [-0.1, -0.05) is 17.7 Å². The van der Waals surface area contributed by atoms with Crippen LogP contribution in [0.3, 0.4) is 0 Å². The minimum atomic E-state index is 0.583. The predicted octanol–water partition coefficient (Wildman–Crippen LogP) is 3.90. The SMILES string of the molecule is N=Cc1ccc(OCCCCN2CCN(c3cccc(Cl)c3)CC2)cc1N. The zero-order valence-corrected chi connectivity index (χ0v) is 16.3. The van der Waals surface area contributed by atoms with Crippen molar-refractivity contribution in [2.24, 2.45) is 0 Å². The number of rotatable bonds is 8. The fraction of sp³-hybridized carbons (Fsp3) is 0.381. The number of anilines is 2. The molecule has 1 saturated heterocycles. The predicted molar refractivity (Wildman–Crippen MR) is 114 cm³/mol. The van der Waals surface area contributed by atoms with Crippen LogP contribution in [0.4, 0.5) is 11.4 Å². The first-order valence-corrected chi connectivity index (χ1v) is 9.79. The molecule has 0 aliphatic carbocycles. The highest BCUT2D eigenvalue weighted by atomic mass is 35.5. The van der Waals surface area contributed by atoms with Gasteiger partial charge in [-0.2, -0.15) is 0 Å². The average Bonchev–Trinajstić information content (AvgIpc) is 2.68. The van der Waals surface area contributed by atoms with Crippen LogP contribution in [-0.4, -0.2) is 50.4 Å². The molecular weight excluding hydrogens is 360 g/mol. The minimum absolute atomic E-state index is 0.583. The number of piperazine rings is 1. The van der Waals surface area contributed by atoms with Crippen LogP contribution in [0, 0.1) is 5.41 Å². The molecule has 0 atom stereocenters. The van der Waals surface area contributed by atoms with Gasteiger partial charge in [-0.3, -0.25) is 4.90 Å². The summed E-state index contributed by atoms with van der Waals surface area (Å²) in [6, 6.07) is 13.6. The van der Waals surface area contributed by atoms with E-state index < -0.39 is 0 Å². The first kappa shape index (κ1) is 19.5. The largest absolute Gasteiger partial charge is 0.494 e. The fourth-order valence-corrected chi connectivity index (χ4v) is 3.49. The van der Waals surface area contributed by atoms with E-state index in [1.54, 1.807) is 6.07 Å². The highest BCUT2D eigenvalue weighted by Gasteiger charge is 2.16. The highest BCUT2D eigenvalue weighted by Crippen LogP contribution is 2.21. The normalized spacial score (nSPS) is 14.9. The van der Waals surface area contributed by atoms with Crippen molar-refractivity contribution in [3.63, 3.8) is 0 Å². The molecule has 0 bridgehead atoms. The van der Waals surface area contributed by atoms with E-state index in [0.717, 1.165) is 61.9 Å². The van der Waals surface area contributed by atoms with E-state index in [-0.39, 0.29) is 0 Å². The lowest BCUT2D eigenvalue weighted by molar-refractivity contribution is 0.238. The Kier molecular flexibility index (Phi) is 6.96. The number of ether oxygens (including phenoxy) is 1. The second kappa shape index (κ2) is 9.62. The van der Waals surface area contributed by atoms with Crippen molar-refractivity contribution in [3.8, 4) is 5.75 Å². The van der Waals surface area contributed by atoms with Crippen molar-refractivity contribution in [1.29, 1.82) is 5.41 Å². The van der Waals surface area contributed by atoms with Crippen LogP contribution >= 0.6 is 11.6 Å². The zero-order chi connectivity index (χ0) is 19.1. The van der Waals surface area contributed by atoms with E-state index in [9.17, 15) is 0 Å². The van der Waals surface area contributed by atoms with Crippen LogP contribution in [0.25, 0.3) is 0 Å². The molecule has 1 aliphatic heterocycles. The number of hydrogen-bond acceptors (Lipinski definition) is 5. The number of nitrogen functional groups attached to an aromatic ring is 1. The molecule has 0 spiro atoms. The van der Waals surface area contributed by atoms with Crippen LogP contribution in [0.1, 0.15) is 18.4 Å². The van der Waals surface area contributed by atoms with Crippen LogP contribution in [0.2, 0.25) is 5.02 Å². The topological polar surface area (TPSA) is 65.6 Å². The smallest absolute Gasteiger partial charge is 0.121 e. The Morgan fingerprint density at radius 3 is 2.59 bits per heavy atom. The molecule has 1 aliphatic rings. The van der Waals surface area contributed by atoms with Gasteiger partial charge in [0.1, 0.15) is 5.75 Å². The van der Waals surface area contributed by atoms with Gasteiger partial charge < -0.3 is 20.8 Å². The van der Waals surface area contributed by atoms with E-state index in [0.29, 0.717) is 12.3 Å². The van der Waals surface area contributed by atoms with E-state index in [2.05, 4.69) is 15.9 Å². The van der Waals surface area contributed by atoms with Gasteiger partial charge in [-0.15, -0.1) is 0 Å². The van der Waals surface area contributed by atoms with Crippen molar-refractivity contribution in [2.45, 2.75) is 12.8 Å². The van der Waals surface area contributed by atoms with Crippen LogP contribution < -0.4 is 15.4 Å². The van der Waals surface area contributed by atoms with E-state index in [1.165, 1.54) is 11.9 Å². The van der Waals surface area contributed by atoms with Crippen molar-refractivity contribution in [1.82, 2.24) is 4.90 Å². The molecule has 1 heterocycles. The first-order chi connectivity index (χ1) is 13.2. The van der Waals surface area contributed by atoms with E-state index in [1.807, 2.05) is 30.3 Å². The summed E-state index contributed by atoms with van der Waals surface area (Å²) in [5, 5.41) is 8.05. The summed E-state index contributed by atoms with van der Waals surface area (Å²) in [7, 11) is 0. The third kappa shape index (κ3) is 5.62. The molecule has 3 rings (SSSR count). The summed E-state index contributed by atoms with van der Waals surface area (Å²) in [5.41, 5.74) is 8.39.